The van der Waals surface area contributed by atoms with Gasteiger partial charge in [-0.2, -0.15) is 0 Å². The largest absolute Gasteiger partial charge is 0.370 e. The number of hydrogen-bond acceptors (Lipinski definition) is 3. The van der Waals surface area contributed by atoms with Gasteiger partial charge in [-0.05, 0) is 5.92 Å². The summed E-state index contributed by atoms with van der Waals surface area (Å²) in [5, 5.41) is 3.24. The summed E-state index contributed by atoms with van der Waals surface area (Å²) in [7, 11) is 0. The Morgan fingerprint density at radius 3 is 3.08 bits per heavy atom. The second-order valence-corrected chi connectivity index (χ2v) is 3.88. The van der Waals surface area contributed by atoms with E-state index in [1.54, 1.807) is 0 Å². The van der Waals surface area contributed by atoms with Crippen molar-refractivity contribution >= 4 is 12.6 Å². The van der Waals surface area contributed by atoms with Gasteiger partial charge in [0.2, 0.25) is 0 Å². The maximum Gasteiger partial charge on any atom is 0.0832 e. The average molecular weight is 165 g/mol. The zero-order valence-corrected chi connectivity index (χ0v) is 7.57. The van der Waals surface area contributed by atoms with Gasteiger partial charge in [-0.25, -0.2) is 0 Å². The Bertz CT molecular complexity index is 220. The van der Waals surface area contributed by atoms with Crippen molar-refractivity contribution in [3.63, 3.8) is 0 Å². The smallest absolute Gasteiger partial charge is 0.0832 e. The van der Waals surface area contributed by atoms with Crippen LogP contribution in [0.4, 0.5) is 0 Å². The van der Waals surface area contributed by atoms with Gasteiger partial charge in [0.1, 0.15) is 0 Å². The molecule has 2 rings (SSSR count). The molecule has 66 valence electrons. The second kappa shape index (κ2) is 2.88. The molecule has 2 heterocycles. The molecule has 2 aliphatic rings. The van der Waals surface area contributed by atoms with E-state index in [1.807, 2.05) is 6.34 Å². The Kier molecular flexibility index (Phi) is 1.87. The number of rotatable bonds is 1. The fourth-order valence-corrected chi connectivity index (χ4v) is 1.91. The lowest BCUT2D eigenvalue weighted by Gasteiger charge is -2.29. The SMILES string of the molecule is CC(C)C1C=NCC2NC=NC21. The Hall–Kier alpha value is -0.860. The molecule has 12 heavy (non-hydrogen) atoms. The van der Waals surface area contributed by atoms with Crippen LogP contribution in [0.3, 0.4) is 0 Å². The minimum Gasteiger partial charge on any atom is -0.370 e. The standard InChI is InChI=1S/C9H15N3/c1-6(2)7-3-10-4-8-9(7)12-5-11-8/h3,5-9H,4H2,1-2H3,(H,11,12). The Labute approximate surface area is 73.0 Å². The van der Waals surface area contributed by atoms with E-state index in [9.17, 15) is 0 Å². The molecule has 1 N–H and O–H groups in total. The highest BCUT2D eigenvalue weighted by atomic mass is 15.1. The summed E-state index contributed by atoms with van der Waals surface area (Å²) in [6, 6.07) is 0.893. The lowest BCUT2D eigenvalue weighted by Crippen LogP contribution is -2.44. The van der Waals surface area contributed by atoms with Gasteiger partial charge in [-0.3, -0.25) is 9.98 Å². The summed E-state index contributed by atoms with van der Waals surface area (Å²) in [4.78, 5) is 8.79. The minimum absolute atomic E-state index is 0.433. The summed E-state index contributed by atoms with van der Waals surface area (Å²) < 4.78 is 0. The molecule has 0 fully saturated rings. The fraction of sp³-hybridized carbons (Fsp3) is 0.778. The second-order valence-electron chi connectivity index (χ2n) is 3.88. The normalized spacial score (nSPS) is 38.4. The zero-order valence-electron chi connectivity index (χ0n) is 7.57. The van der Waals surface area contributed by atoms with E-state index in [4.69, 9.17) is 0 Å². The van der Waals surface area contributed by atoms with Gasteiger partial charge in [-0.15, -0.1) is 0 Å². The molecular formula is C9H15N3. The van der Waals surface area contributed by atoms with Crippen LogP contribution >= 0.6 is 0 Å². The molecule has 0 saturated carbocycles. The van der Waals surface area contributed by atoms with E-state index in [1.165, 1.54) is 0 Å². The summed E-state index contributed by atoms with van der Waals surface area (Å²) in [6.07, 6.45) is 3.91. The Morgan fingerprint density at radius 2 is 2.33 bits per heavy atom. The van der Waals surface area contributed by atoms with Crippen molar-refractivity contribution in [2.24, 2.45) is 21.8 Å². The molecule has 0 bridgehead atoms. The van der Waals surface area contributed by atoms with Crippen molar-refractivity contribution in [3.05, 3.63) is 0 Å². The molecule has 3 nitrogen and oxygen atoms in total. The molecule has 0 aliphatic carbocycles. The lowest BCUT2D eigenvalue weighted by atomic mass is 9.84. The first-order chi connectivity index (χ1) is 5.79. The van der Waals surface area contributed by atoms with Gasteiger partial charge in [0.15, 0.2) is 0 Å². The van der Waals surface area contributed by atoms with Crippen molar-refractivity contribution in [2.75, 3.05) is 6.54 Å². The molecule has 0 amide bonds. The number of nitrogens with one attached hydrogen (secondary N) is 1. The average Bonchev–Trinajstić information content (AvgIpc) is 2.49. The summed E-state index contributed by atoms with van der Waals surface area (Å²) in [5.74, 6) is 1.16. The molecule has 0 aromatic heterocycles. The Balaban J connectivity index is 2.16. The summed E-state index contributed by atoms with van der Waals surface area (Å²) >= 11 is 0. The van der Waals surface area contributed by atoms with Crippen molar-refractivity contribution in [1.82, 2.24) is 5.32 Å². The topological polar surface area (TPSA) is 36.8 Å². The van der Waals surface area contributed by atoms with Crippen LogP contribution < -0.4 is 5.32 Å². The first kappa shape index (κ1) is 7.77. The lowest BCUT2D eigenvalue weighted by molar-refractivity contribution is 0.362. The van der Waals surface area contributed by atoms with Crippen LogP contribution in [0.15, 0.2) is 9.98 Å². The first-order valence-corrected chi connectivity index (χ1v) is 4.56. The van der Waals surface area contributed by atoms with Crippen molar-refractivity contribution in [1.29, 1.82) is 0 Å². The summed E-state index contributed by atoms with van der Waals surface area (Å²) in [6.45, 7) is 5.34. The third-order valence-electron chi connectivity index (χ3n) is 2.69. The molecular weight excluding hydrogens is 150 g/mol. The zero-order chi connectivity index (χ0) is 8.55. The predicted octanol–water partition coefficient (Wildman–Crippen LogP) is 0.712. The number of aliphatic imine (C=N–C) groups is 2. The molecule has 0 aromatic carbocycles. The van der Waals surface area contributed by atoms with Crippen LogP contribution in [-0.2, 0) is 0 Å². The highest BCUT2D eigenvalue weighted by Crippen LogP contribution is 2.24. The van der Waals surface area contributed by atoms with Gasteiger partial charge in [0.25, 0.3) is 0 Å². The molecule has 0 spiro atoms. The number of fused-ring (bicyclic) bond motifs is 1. The molecule has 2 aliphatic heterocycles. The summed E-state index contributed by atoms with van der Waals surface area (Å²) in [5.41, 5.74) is 0. The van der Waals surface area contributed by atoms with Gasteiger partial charge in [0, 0.05) is 12.1 Å². The molecule has 3 atom stereocenters. The van der Waals surface area contributed by atoms with E-state index < -0.39 is 0 Å². The third kappa shape index (κ3) is 1.13. The predicted molar refractivity (Wildman–Crippen MR) is 50.9 cm³/mol. The molecule has 0 saturated heterocycles. The van der Waals surface area contributed by atoms with Gasteiger partial charge in [0.05, 0.1) is 25.0 Å². The quantitative estimate of drug-likeness (QED) is 0.610. The van der Waals surface area contributed by atoms with Crippen LogP contribution in [0, 0.1) is 11.8 Å². The number of hydrogen-bond donors (Lipinski definition) is 1. The van der Waals surface area contributed by atoms with Crippen LogP contribution in [0.25, 0.3) is 0 Å². The van der Waals surface area contributed by atoms with Gasteiger partial charge >= 0.3 is 0 Å². The Morgan fingerprint density at radius 1 is 1.50 bits per heavy atom. The van der Waals surface area contributed by atoms with Gasteiger partial charge in [-0.1, -0.05) is 13.8 Å². The van der Waals surface area contributed by atoms with Crippen LogP contribution in [0.2, 0.25) is 0 Å². The van der Waals surface area contributed by atoms with Crippen molar-refractivity contribution < 1.29 is 0 Å². The molecule has 0 radical (unpaired) electrons. The maximum absolute atomic E-state index is 4.43. The van der Waals surface area contributed by atoms with Crippen LogP contribution in [0.5, 0.6) is 0 Å². The minimum atomic E-state index is 0.433. The van der Waals surface area contributed by atoms with E-state index in [0.717, 1.165) is 6.54 Å². The third-order valence-corrected chi connectivity index (χ3v) is 2.69. The molecule has 0 aromatic rings. The van der Waals surface area contributed by atoms with E-state index in [2.05, 4.69) is 35.4 Å². The van der Waals surface area contributed by atoms with Crippen LogP contribution in [-0.4, -0.2) is 31.2 Å². The van der Waals surface area contributed by atoms with E-state index in [0.29, 0.717) is 23.9 Å². The maximum atomic E-state index is 4.43. The van der Waals surface area contributed by atoms with Crippen molar-refractivity contribution in [3.8, 4) is 0 Å². The monoisotopic (exact) mass is 165 g/mol. The first-order valence-electron chi connectivity index (χ1n) is 4.56. The van der Waals surface area contributed by atoms with Gasteiger partial charge < -0.3 is 5.32 Å². The van der Waals surface area contributed by atoms with E-state index in [-0.39, 0.29) is 0 Å². The van der Waals surface area contributed by atoms with Crippen LogP contribution in [0.1, 0.15) is 13.8 Å². The fourth-order valence-electron chi connectivity index (χ4n) is 1.91. The van der Waals surface area contributed by atoms with Crippen molar-refractivity contribution in [2.45, 2.75) is 25.9 Å². The molecule has 3 heteroatoms. The molecule has 3 unspecified atom stereocenters. The highest BCUT2D eigenvalue weighted by Gasteiger charge is 2.34. The highest BCUT2D eigenvalue weighted by molar-refractivity contribution is 5.68. The van der Waals surface area contributed by atoms with E-state index >= 15 is 0 Å². The number of nitrogens with zero attached hydrogens (tertiary/aromatic N) is 2.